The second-order valence-corrected chi connectivity index (χ2v) is 8.19. The molecule has 0 saturated carbocycles. The van der Waals surface area contributed by atoms with Gasteiger partial charge in [0.2, 0.25) is 5.91 Å². The Balaban J connectivity index is 1.34. The van der Waals surface area contributed by atoms with Crippen LogP contribution in [0.25, 0.3) is 0 Å². The third kappa shape index (κ3) is 6.85. The second-order valence-electron chi connectivity index (χ2n) is 8.19. The number of ether oxygens (including phenoxy) is 3. The van der Waals surface area contributed by atoms with Crippen LogP contribution in [0.3, 0.4) is 0 Å². The fourth-order valence-corrected chi connectivity index (χ4v) is 3.84. The van der Waals surface area contributed by atoms with E-state index in [4.69, 9.17) is 14.2 Å². The number of para-hydroxylation sites is 1. The van der Waals surface area contributed by atoms with Crippen LogP contribution in [0.15, 0.2) is 84.9 Å². The van der Waals surface area contributed by atoms with E-state index in [1.807, 2.05) is 60.7 Å². The monoisotopic (exact) mass is 488 g/mol. The molecule has 0 aromatic heterocycles. The van der Waals surface area contributed by atoms with Gasteiger partial charge in [-0.25, -0.2) is 0 Å². The van der Waals surface area contributed by atoms with Crippen molar-refractivity contribution in [2.75, 3.05) is 26.3 Å². The maximum absolute atomic E-state index is 13.3. The molecular formula is C28H28N2O6. The summed E-state index contributed by atoms with van der Waals surface area (Å²) in [5, 5.41) is 2.73. The number of rotatable bonds is 10. The van der Waals surface area contributed by atoms with Crippen molar-refractivity contribution in [2.45, 2.75) is 19.1 Å². The molecule has 0 spiro atoms. The number of nitrogens with zero attached hydrogens (tertiary/aromatic N) is 1. The summed E-state index contributed by atoms with van der Waals surface area (Å²) in [6.45, 7) is 1.36. The molecule has 1 atom stereocenters. The van der Waals surface area contributed by atoms with Gasteiger partial charge in [-0.1, -0.05) is 54.6 Å². The fourth-order valence-electron chi connectivity index (χ4n) is 3.84. The molecule has 1 fully saturated rings. The van der Waals surface area contributed by atoms with Crippen LogP contribution < -0.4 is 14.8 Å². The Labute approximate surface area is 209 Å². The molecule has 8 heteroatoms. The molecule has 1 heterocycles. The Morgan fingerprint density at radius 2 is 1.53 bits per heavy atom. The quantitative estimate of drug-likeness (QED) is 0.348. The SMILES string of the molecule is O=C(CC1C(=O)NCCN1C(=O)c1cccc(OCCOc2ccccc2)c1)OCc1ccccc1. The predicted molar refractivity (Wildman–Crippen MR) is 133 cm³/mol. The highest BCUT2D eigenvalue weighted by Gasteiger charge is 2.35. The van der Waals surface area contributed by atoms with E-state index in [0.717, 1.165) is 11.3 Å². The van der Waals surface area contributed by atoms with E-state index < -0.39 is 12.0 Å². The Hall–Kier alpha value is -4.33. The molecule has 1 unspecified atom stereocenters. The van der Waals surface area contributed by atoms with Gasteiger partial charge < -0.3 is 24.4 Å². The normalized spacial score (nSPS) is 15.1. The first-order chi connectivity index (χ1) is 17.6. The standard InChI is InChI=1S/C28H28N2O6/c31-26(36-20-21-8-3-1-4-9-21)19-25-27(32)29-14-15-30(25)28(33)22-10-7-13-24(18-22)35-17-16-34-23-11-5-2-6-12-23/h1-13,18,25H,14-17,19-20H2,(H,29,32). The van der Waals surface area contributed by atoms with E-state index in [1.54, 1.807) is 24.3 Å². The second kappa shape index (κ2) is 12.4. The molecule has 4 rings (SSSR count). The molecule has 8 nitrogen and oxygen atoms in total. The van der Waals surface area contributed by atoms with Gasteiger partial charge in [-0.15, -0.1) is 0 Å². The number of piperazine rings is 1. The van der Waals surface area contributed by atoms with Crippen molar-refractivity contribution in [3.8, 4) is 11.5 Å². The minimum atomic E-state index is -0.946. The molecule has 36 heavy (non-hydrogen) atoms. The summed E-state index contributed by atoms with van der Waals surface area (Å²) in [6.07, 6.45) is -0.225. The van der Waals surface area contributed by atoms with Crippen molar-refractivity contribution in [3.05, 3.63) is 96.1 Å². The highest BCUT2D eigenvalue weighted by molar-refractivity contribution is 5.99. The van der Waals surface area contributed by atoms with Crippen LogP contribution >= 0.6 is 0 Å². The molecule has 0 aliphatic carbocycles. The molecule has 1 saturated heterocycles. The highest BCUT2D eigenvalue weighted by Crippen LogP contribution is 2.19. The van der Waals surface area contributed by atoms with Gasteiger partial charge in [-0.05, 0) is 35.9 Å². The average molecular weight is 489 g/mol. The van der Waals surface area contributed by atoms with Gasteiger partial charge in [0.1, 0.15) is 37.4 Å². The highest BCUT2D eigenvalue weighted by atomic mass is 16.5. The third-order valence-electron chi connectivity index (χ3n) is 5.64. The minimum absolute atomic E-state index is 0.106. The van der Waals surface area contributed by atoms with Crippen molar-refractivity contribution in [2.24, 2.45) is 0 Å². The fraction of sp³-hybridized carbons (Fsp3) is 0.250. The lowest BCUT2D eigenvalue weighted by molar-refractivity contribution is -0.148. The van der Waals surface area contributed by atoms with Crippen LogP contribution in [0.5, 0.6) is 11.5 Å². The first kappa shape index (κ1) is 24.8. The number of carbonyl (C=O) groups is 3. The Bertz CT molecular complexity index is 1170. The first-order valence-electron chi connectivity index (χ1n) is 11.8. The molecule has 0 bridgehead atoms. The zero-order valence-electron chi connectivity index (χ0n) is 19.8. The van der Waals surface area contributed by atoms with Crippen LogP contribution in [0.1, 0.15) is 22.3 Å². The zero-order chi connectivity index (χ0) is 25.2. The smallest absolute Gasteiger partial charge is 0.308 e. The molecule has 0 radical (unpaired) electrons. The van der Waals surface area contributed by atoms with Gasteiger partial charge in [0.15, 0.2) is 0 Å². The number of nitrogens with one attached hydrogen (secondary N) is 1. The summed E-state index contributed by atoms with van der Waals surface area (Å²) in [7, 11) is 0. The maximum atomic E-state index is 13.3. The summed E-state index contributed by atoms with van der Waals surface area (Å²) < 4.78 is 16.7. The van der Waals surface area contributed by atoms with E-state index in [1.165, 1.54) is 4.90 Å². The molecule has 3 aromatic carbocycles. The van der Waals surface area contributed by atoms with Crippen LogP contribution in [-0.4, -0.2) is 55.0 Å². The number of amides is 2. The van der Waals surface area contributed by atoms with Gasteiger partial charge in [-0.2, -0.15) is 0 Å². The minimum Gasteiger partial charge on any atom is -0.490 e. The van der Waals surface area contributed by atoms with Gasteiger partial charge in [-0.3, -0.25) is 14.4 Å². The number of carbonyl (C=O) groups excluding carboxylic acids is 3. The van der Waals surface area contributed by atoms with E-state index in [0.29, 0.717) is 31.1 Å². The largest absolute Gasteiger partial charge is 0.490 e. The van der Waals surface area contributed by atoms with Crippen molar-refractivity contribution in [1.82, 2.24) is 10.2 Å². The molecule has 2 amide bonds. The lowest BCUT2D eigenvalue weighted by atomic mass is 10.1. The molecule has 3 aromatic rings. The number of hydrogen-bond donors (Lipinski definition) is 1. The molecule has 1 aliphatic heterocycles. The van der Waals surface area contributed by atoms with Gasteiger partial charge >= 0.3 is 5.97 Å². The molecule has 186 valence electrons. The molecule has 1 aliphatic rings. The van der Waals surface area contributed by atoms with E-state index >= 15 is 0 Å². The van der Waals surface area contributed by atoms with Crippen molar-refractivity contribution >= 4 is 17.8 Å². The van der Waals surface area contributed by atoms with Crippen LogP contribution in [0.2, 0.25) is 0 Å². The van der Waals surface area contributed by atoms with Crippen LogP contribution in [0, 0.1) is 0 Å². The summed E-state index contributed by atoms with van der Waals surface area (Å²) in [5.74, 6) is -0.0119. The predicted octanol–water partition coefficient (Wildman–Crippen LogP) is 3.22. The van der Waals surface area contributed by atoms with Crippen LogP contribution in [0.4, 0.5) is 0 Å². The summed E-state index contributed by atoms with van der Waals surface area (Å²) in [4.78, 5) is 39.7. The zero-order valence-corrected chi connectivity index (χ0v) is 19.8. The average Bonchev–Trinajstić information content (AvgIpc) is 2.92. The van der Waals surface area contributed by atoms with Crippen molar-refractivity contribution in [3.63, 3.8) is 0 Å². The van der Waals surface area contributed by atoms with Crippen LogP contribution in [-0.2, 0) is 20.9 Å². The lowest BCUT2D eigenvalue weighted by Crippen LogP contribution is -2.57. The van der Waals surface area contributed by atoms with Crippen molar-refractivity contribution < 1.29 is 28.6 Å². The summed E-state index contributed by atoms with van der Waals surface area (Å²) >= 11 is 0. The van der Waals surface area contributed by atoms with E-state index in [9.17, 15) is 14.4 Å². The number of hydrogen-bond acceptors (Lipinski definition) is 6. The van der Waals surface area contributed by atoms with Gasteiger partial charge in [0.05, 0.1) is 6.42 Å². The summed E-state index contributed by atoms with van der Waals surface area (Å²) in [6, 6.07) is 24.5. The number of esters is 1. The molecular weight excluding hydrogens is 460 g/mol. The Morgan fingerprint density at radius 3 is 2.28 bits per heavy atom. The lowest BCUT2D eigenvalue weighted by Gasteiger charge is -2.34. The Kier molecular flexibility index (Phi) is 8.53. The maximum Gasteiger partial charge on any atom is 0.308 e. The summed E-state index contributed by atoms with van der Waals surface area (Å²) in [5.41, 5.74) is 1.21. The van der Waals surface area contributed by atoms with E-state index in [-0.39, 0.29) is 31.4 Å². The van der Waals surface area contributed by atoms with Gasteiger partial charge in [0.25, 0.3) is 5.91 Å². The first-order valence-corrected chi connectivity index (χ1v) is 11.8. The van der Waals surface area contributed by atoms with E-state index in [2.05, 4.69) is 5.32 Å². The topological polar surface area (TPSA) is 94.2 Å². The third-order valence-corrected chi connectivity index (χ3v) is 5.64. The van der Waals surface area contributed by atoms with Gasteiger partial charge in [0, 0.05) is 18.7 Å². The Morgan fingerprint density at radius 1 is 0.861 bits per heavy atom. The number of benzene rings is 3. The molecule has 1 N–H and O–H groups in total. The van der Waals surface area contributed by atoms with Crippen molar-refractivity contribution in [1.29, 1.82) is 0 Å².